The number of amides is 1. The number of carbonyl (C=O) groups excluding carboxylic acids is 1. The van der Waals surface area contributed by atoms with E-state index in [1.54, 1.807) is 36.4 Å². The van der Waals surface area contributed by atoms with Gasteiger partial charge >= 0.3 is 0 Å². The number of nitrogens with zero attached hydrogens (tertiary/aromatic N) is 3. The fraction of sp³-hybridized carbons (Fsp3) is 0.400. The molecule has 1 aromatic heterocycles. The number of anilines is 2. The Hall–Kier alpha value is -3.11. The molecule has 1 N–H and O–H groups in total. The third-order valence-corrected chi connectivity index (χ3v) is 10.2. The van der Waals surface area contributed by atoms with Gasteiger partial charge < -0.3 is 14.4 Å². The summed E-state index contributed by atoms with van der Waals surface area (Å²) < 4.78 is 32.5. The number of sulfonamides is 1. The first-order valence-corrected chi connectivity index (χ1v) is 16.2. The molecule has 0 saturated carbocycles. The summed E-state index contributed by atoms with van der Waals surface area (Å²) in [4.78, 5) is 30.2. The van der Waals surface area contributed by atoms with Crippen LogP contribution in [-0.4, -0.2) is 50.0 Å². The zero-order valence-corrected chi connectivity index (χ0v) is 24.7. The molecule has 3 aromatic rings. The SMILES string of the molecule is O=C(c1ccc(N2CC3CC(C2)c2cccc(=O)n2C3)c(NS(=O)(=O)c2ccc(Br)cc2)c1)N1CCCCCC1. The highest BCUT2D eigenvalue weighted by Gasteiger charge is 2.35. The van der Waals surface area contributed by atoms with Gasteiger partial charge in [0.1, 0.15) is 0 Å². The number of piperidine rings is 1. The maximum absolute atomic E-state index is 13.5. The molecule has 1 amide bonds. The summed E-state index contributed by atoms with van der Waals surface area (Å²) >= 11 is 3.37. The van der Waals surface area contributed by atoms with Crippen LogP contribution < -0.4 is 15.2 Å². The summed E-state index contributed by atoms with van der Waals surface area (Å²) in [5, 5.41) is 0. The first-order chi connectivity index (χ1) is 19.3. The van der Waals surface area contributed by atoms with Crippen molar-refractivity contribution in [3.63, 3.8) is 0 Å². The molecular weight excluding hydrogens is 592 g/mol. The lowest BCUT2D eigenvalue weighted by atomic mass is 9.83. The zero-order chi connectivity index (χ0) is 27.9. The largest absolute Gasteiger partial charge is 0.369 e. The summed E-state index contributed by atoms with van der Waals surface area (Å²) in [5.41, 5.74) is 2.68. The maximum Gasteiger partial charge on any atom is 0.261 e. The van der Waals surface area contributed by atoms with Crippen LogP contribution >= 0.6 is 15.9 Å². The van der Waals surface area contributed by atoms with Gasteiger partial charge in [-0.05, 0) is 73.7 Å². The van der Waals surface area contributed by atoms with Crippen LogP contribution in [0, 0.1) is 5.92 Å². The minimum atomic E-state index is -3.91. The molecule has 2 fully saturated rings. The van der Waals surface area contributed by atoms with E-state index >= 15 is 0 Å². The van der Waals surface area contributed by atoms with E-state index in [0.717, 1.165) is 61.0 Å². The highest BCUT2D eigenvalue weighted by Crippen LogP contribution is 2.40. The fourth-order valence-corrected chi connectivity index (χ4v) is 7.72. The first kappa shape index (κ1) is 27.1. The monoisotopic (exact) mass is 624 g/mol. The minimum absolute atomic E-state index is 0.0278. The number of hydrogen-bond donors (Lipinski definition) is 1. The Morgan fingerprint density at radius 1 is 0.900 bits per heavy atom. The molecule has 3 aliphatic heterocycles. The number of benzene rings is 2. The Bertz CT molecular complexity index is 1580. The predicted molar refractivity (Wildman–Crippen MR) is 160 cm³/mol. The average molecular weight is 626 g/mol. The maximum atomic E-state index is 13.5. The summed E-state index contributed by atoms with van der Waals surface area (Å²) in [5.74, 6) is 0.359. The normalized spacial score (nSPS) is 20.9. The number of halogens is 1. The van der Waals surface area contributed by atoms with E-state index in [0.29, 0.717) is 30.9 Å². The number of likely N-dealkylation sites (tertiary alicyclic amines) is 1. The Labute approximate surface area is 243 Å². The summed E-state index contributed by atoms with van der Waals surface area (Å²) in [6, 6.07) is 17.3. The van der Waals surface area contributed by atoms with Gasteiger partial charge in [-0.25, -0.2) is 8.42 Å². The van der Waals surface area contributed by atoms with Crippen molar-refractivity contribution in [3.8, 4) is 0 Å². The van der Waals surface area contributed by atoms with Crippen LogP contribution in [0.25, 0.3) is 0 Å². The van der Waals surface area contributed by atoms with Crippen molar-refractivity contribution < 1.29 is 13.2 Å². The van der Waals surface area contributed by atoms with Gasteiger partial charge in [0.05, 0.1) is 16.3 Å². The molecule has 210 valence electrons. The molecule has 40 heavy (non-hydrogen) atoms. The van der Waals surface area contributed by atoms with Gasteiger partial charge in [0, 0.05) is 60.4 Å². The van der Waals surface area contributed by atoms with Crippen molar-refractivity contribution in [1.82, 2.24) is 9.47 Å². The van der Waals surface area contributed by atoms with Crippen LogP contribution in [0.15, 0.2) is 74.8 Å². The Morgan fingerprint density at radius 3 is 2.40 bits per heavy atom. The molecule has 6 rings (SSSR count). The van der Waals surface area contributed by atoms with Crippen LogP contribution in [0.1, 0.15) is 54.1 Å². The molecule has 8 nitrogen and oxygen atoms in total. The summed E-state index contributed by atoms with van der Waals surface area (Å²) in [6.07, 6.45) is 5.19. The van der Waals surface area contributed by atoms with Crippen molar-refractivity contribution in [2.75, 3.05) is 35.8 Å². The highest BCUT2D eigenvalue weighted by atomic mass is 79.9. The van der Waals surface area contributed by atoms with Crippen LogP contribution in [0.4, 0.5) is 11.4 Å². The second-order valence-electron chi connectivity index (χ2n) is 11.1. The molecule has 2 bridgehead atoms. The van der Waals surface area contributed by atoms with E-state index in [-0.39, 0.29) is 28.2 Å². The summed E-state index contributed by atoms with van der Waals surface area (Å²) in [6.45, 7) is 3.44. The van der Waals surface area contributed by atoms with Gasteiger partial charge in [0.2, 0.25) is 0 Å². The van der Waals surface area contributed by atoms with Crippen molar-refractivity contribution in [2.45, 2.75) is 49.5 Å². The molecule has 3 aliphatic rings. The van der Waals surface area contributed by atoms with Gasteiger partial charge in [-0.2, -0.15) is 0 Å². The third kappa shape index (κ3) is 5.43. The summed E-state index contributed by atoms with van der Waals surface area (Å²) in [7, 11) is -3.91. The topological polar surface area (TPSA) is 91.7 Å². The molecule has 2 atom stereocenters. The Balaban J connectivity index is 1.36. The van der Waals surface area contributed by atoms with Crippen molar-refractivity contribution >= 4 is 43.2 Å². The van der Waals surface area contributed by atoms with Gasteiger partial charge in [0.25, 0.3) is 21.5 Å². The molecular formula is C30H33BrN4O4S. The van der Waals surface area contributed by atoms with Crippen LogP contribution in [0.5, 0.6) is 0 Å². The number of pyridine rings is 1. The second kappa shape index (κ2) is 11.0. The number of fused-ring (bicyclic) bond motifs is 4. The smallest absolute Gasteiger partial charge is 0.261 e. The molecule has 0 spiro atoms. The first-order valence-electron chi connectivity index (χ1n) is 13.9. The van der Waals surface area contributed by atoms with Crippen molar-refractivity contribution in [2.24, 2.45) is 5.92 Å². The third-order valence-electron chi connectivity index (χ3n) is 8.33. The lowest BCUT2D eigenvalue weighted by Crippen LogP contribution is -2.47. The van der Waals surface area contributed by atoms with Crippen LogP contribution in [0.2, 0.25) is 0 Å². The van der Waals surface area contributed by atoms with E-state index in [2.05, 4.69) is 25.6 Å². The standard InChI is InChI=1S/C30H33BrN4O4S/c31-24-9-11-25(12-10-24)40(38,39)32-26-17-22(30(37)33-14-3-1-2-4-15-33)8-13-28(26)34-18-21-16-23(20-34)27-6-5-7-29(36)35(27)19-21/h5-13,17,21,23,32H,1-4,14-16,18-20H2. The van der Waals surface area contributed by atoms with Crippen molar-refractivity contribution in [1.29, 1.82) is 0 Å². The Kier molecular flexibility index (Phi) is 7.48. The quantitative estimate of drug-likeness (QED) is 0.429. The van der Waals surface area contributed by atoms with Crippen LogP contribution in [-0.2, 0) is 16.6 Å². The molecule has 4 heterocycles. The number of nitrogens with one attached hydrogen (secondary N) is 1. The molecule has 2 saturated heterocycles. The fourth-order valence-electron chi connectivity index (χ4n) is 6.39. The molecule has 2 aromatic carbocycles. The lowest BCUT2D eigenvalue weighted by Gasteiger charge is -2.44. The van der Waals surface area contributed by atoms with E-state index in [4.69, 9.17) is 0 Å². The number of hydrogen-bond acceptors (Lipinski definition) is 5. The zero-order valence-electron chi connectivity index (χ0n) is 22.3. The molecule has 10 heteroatoms. The van der Waals surface area contributed by atoms with E-state index in [1.807, 2.05) is 33.7 Å². The van der Waals surface area contributed by atoms with Gasteiger partial charge in [-0.15, -0.1) is 0 Å². The lowest BCUT2D eigenvalue weighted by molar-refractivity contribution is 0.0761. The predicted octanol–water partition coefficient (Wildman–Crippen LogP) is 5.05. The second-order valence-corrected chi connectivity index (χ2v) is 13.7. The van der Waals surface area contributed by atoms with Crippen molar-refractivity contribution in [3.05, 3.63) is 86.7 Å². The molecule has 0 aliphatic carbocycles. The van der Waals surface area contributed by atoms with Gasteiger partial charge in [-0.1, -0.05) is 34.8 Å². The number of aromatic nitrogens is 1. The minimum Gasteiger partial charge on any atom is -0.369 e. The van der Waals surface area contributed by atoms with E-state index in [9.17, 15) is 18.0 Å². The van der Waals surface area contributed by atoms with Gasteiger partial charge in [-0.3, -0.25) is 14.3 Å². The average Bonchev–Trinajstić information content (AvgIpc) is 3.23. The molecule has 0 radical (unpaired) electrons. The van der Waals surface area contributed by atoms with Gasteiger partial charge in [0.15, 0.2) is 0 Å². The van der Waals surface area contributed by atoms with E-state index < -0.39 is 10.0 Å². The highest BCUT2D eigenvalue weighted by molar-refractivity contribution is 9.10. The Morgan fingerprint density at radius 2 is 1.65 bits per heavy atom. The number of carbonyl (C=O) groups is 1. The number of rotatable bonds is 5. The van der Waals surface area contributed by atoms with E-state index in [1.165, 1.54) is 0 Å². The molecule has 2 unspecified atom stereocenters. The van der Waals surface area contributed by atoms with Crippen LogP contribution in [0.3, 0.4) is 0 Å².